The van der Waals surface area contributed by atoms with Gasteiger partial charge in [0.1, 0.15) is 11.0 Å². The molecule has 0 aliphatic carbocycles. The highest BCUT2D eigenvalue weighted by molar-refractivity contribution is 7.79. The number of fused-ring (bicyclic) bond motifs is 1. The van der Waals surface area contributed by atoms with Crippen LogP contribution < -0.4 is 0 Å². The summed E-state index contributed by atoms with van der Waals surface area (Å²) >= 11 is 0. The summed E-state index contributed by atoms with van der Waals surface area (Å²) in [5.74, 6) is 0. The number of hydrogen-bond acceptors (Lipinski definition) is 7. The number of rotatable bonds is 0. The molecule has 0 aliphatic rings. The molecule has 96 valence electrons. The van der Waals surface area contributed by atoms with Crippen molar-refractivity contribution >= 4 is 21.4 Å². The van der Waals surface area contributed by atoms with Gasteiger partial charge in [-0.1, -0.05) is 17.0 Å². The lowest BCUT2D eigenvalue weighted by Crippen LogP contribution is -1.90. The zero-order valence-electron chi connectivity index (χ0n) is 8.11. The van der Waals surface area contributed by atoms with Crippen LogP contribution in [-0.2, 0) is 10.4 Å². The summed E-state index contributed by atoms with van der Waals surface area (Å²) in [6.07, 6.45) is 0. The molecule has 1 heterocycles. The molecule has 0 saturated heterocycles. The lowest BCUT2D eigenvalue weighted by Gasteiger charge is -1.85. The molecule has 0 saturated carbocycles. The van der Waals surface area contributed by atoms with Crippen LogP contribution in [0.2, 0.25) is 0 Å². The highest BCUT2D eigenvalue weighted by Gasteiger charge is 1.98. The number of hydrogen-bond donors (Lipinski definition) is 5. The zero-order chi connectivity index (χ0) is 13.5. The SMILES string of the molecule is O=S(=O)(O)O.OO.On1nnc2ccccc21. The maximum absolute atomic E-state index is 8.95. The Morgan fingerprint density at radius 1 is 1.12 bits per heavy atom. The van der Waals surface area contributed by atoms with Gasteiger partial charge < -0.3 is 5.21 Å². The van der Waals surface area contributed by atoms with E-state index < -0.39 is 10.4 Å². The van der Waals surface area contributed by atoms with Crippen LogP contribution in [0.4, 0.5) is 0 Å². The molecule has 2 rings (SSSR count). The zero-order valence-corrected chi connectivity index (χ0v) is 8.93. The molecule has 0 atom stereocenters. The molecule has 17 heavy (non-hydrogen) atoms. The van der Waals surface area contributed by atoms with E-state index in [1.54, 1.807) is 12.1 Å². The van der Waals surface area contributed by atoms with Gasteiger partial charge in [-0.25, -0.2) is 0 Å². The minimum atomic E-state index is -4.67. The average molecular weight is 267 g/mol. The van der Waals surface area contributed by atoms with Crippen molar-refractivity contribution < 1.29 is 33.2 Å². The maximum Gasteiger partial charge on any atom is 0.394 e. The molecule has 0 amide bonds. The van der Waals surface area contributed by atoms with E-state index in [2.05, 4.69) is 10.3 Å². The van der Waals surface area contributed by atoms with E-state index in [0.717, 1.165) is 4.85 Å². The Balaban J connectivity index is 0.000000315. The monoisotopic (exact) mass is 267 g/mol. The molecule has 10 nitrogen and oxygen atoms in total. The standard InChI is InChI=1S/C6H5N3O.H2O4S.H2O2/c10-9-6-4-2-1-3-5(6)7-8-9;1-5(2,3)4;1-2/h1-4,10H;(H2,1,2,3,4);1-2H. The number of benzene rings is 1. The average Bonchev–Trinajstić information content (AvgIpc) is 2.62. The van der Waals surface area contributed by atoms with Crippen LogP contribution >= 0.6 is 0 Å². The summed E-state index contributed by atoms with van der Waals surface area (Å²) in [5, 5.41) is 28.1. The van der Waals surface area contributed by atoms with Crippen molar-refractivity contribution in [2.24, 2.45) is 0 Å². The van der Waals surface area contributed by atoms with Gasteiger partial charge in [0.25, 0.3) is 0 Å². The predicted molar refractivity (Wildman–Crippen MR) is 54.1 cm³/mol. The fraction of sp³-hybridized carbons (Fsp3) is 0. The minimum absolute atomic E-state index is 0.627. The second-order valence-corrected chi connectivity index (χ2v) is 3.31. The first-order chi connectivity index (χ1) is 7.88. The second-order valence-electron chi connectivity index (χ2n) is 2.42. The summed E-state index contributed by atoms with van der Waals surface area (Å²) in [6, 6.07) is 7.19. The molecule has 0 bridgehead atoms. The molecular weight excluding hydrogens is 258 g/mol. The van der Waals surface area contributed by atoms with Crippen LogP contribution in [0.25, 0.3) is 11.0 Å². The Morgan fingerprint density at radius 3 is 2.06 bits per heavy atom. The summed E-state index contributed by atoms with van der Waals surface area (Å²) in [6.45, 7) is 0. The van der Waals surface area contributed by atoms with Gasteiger partial charge in [0.2, 0.25) is 0 Å². The van der Waals surface area contributed by atoms with Crippen molar-refractivity contribution in [1.29, 1.82) is 0 Å². The third kappa shape index (κ3) is 6.39. The van der Waals surface area contributed by atoms with Crippen molar-refractivity contribution in [1.82, 2.24) is 15.2 Å². The van der Waals surface area contributed by atoms with E-state index in [1.807, 2.05) is 12.1 Å². The highest BCUT2D eigenvalue weighted by Crippen LogP contribution is 2.06. The molecule has 1 aromatic carbocycles. The first kappa shape index (κ1) is 15.2. The minimum Gasteiger partial charge on any atom is -0.410 e. The third-order valence-electron chi connectivity index (χ3n) is 1.33. The topological polar surface area (TPSA) is 166 Å². The molecule has 0 spiro atoms. The Bertz CT molecular complexity index is 543. The lowest BCUT2D eigenvalue weighted by molar-refractivity contribution is -0.176. The Hall–Kier alpha value is -1.79. The van der Waals surface area contributed by atoms with E-state index >= 15 is 0 Å². The van der Waals surface area contributed by atoms with Gasteiger partial charge in [0.05, 0.1) is 0 Å². The number of nitrogens with zero attached hydrogens (tertiary/aromatic N) is 3. The number of para-hydroxylation sites is 1. The largest absolute Gasteiger partial charge is 0.410 e. The van der Waals surface area contributed by atoms with E-state index in [1.165, 1.54) is 0 Å². The predicted octanol–water partition coefficient (Wildman–Crippen LogP) is 0.0332. The Labute approximate surface area is 94.8 Å². The summed E-state index contributed by atoms with van der Waals surface area (Å²) in [7, 11) is -4.67. The summed E-state index contributed by atoms with van der Waals surface area (Å²) in [4.78, 5) is 0.759. The molecular formula is C6H9N3O7S. The van der Waals surface area contributed by atoms with Crippen LogP contribution in [0.5, 0.6) is 0 Å². The van der Waals surface area contributed by atoms with Crippen molar-refractivity contribution in [2.45, 2.75) is 0 Å². The van der Waals surface area contributed by atoms with E-state index in [-0.39, 0.29) is 0 Å². The maximum atomic E-state index is 8.95. The van der Waals surface area contributed by atoms with Crippen LogP contribution in [0.15, 0.2) is 24.3 Å². The van der Waals surface area contributed by atoms with E-state index in [0.29, 0.717) is 11.0 Å². The van der Waals surface area contributed by atoms with E-state index in [4.69, 9.17) is 33.2 Å². The van der Waals surface area contributed by atoms with Crippen molar-refractivity contribution in [3.05, 3.63) is 24.3 Å². The van der Waals surface area contributed by atoms with Gasteiger partial charge in [-0.3, -0.25) is 19.6 Å². The van der Waals surface area contributed by atoms with Gasteiger partial charge in [0.15, 0.2) is 0 Å². The van der Waals surface area contributed by atoms with Gasteiger partial charge >= 0.3 is 10.4 Å². The smallest absolute Gasteiger partial charge is 0.394 e. The van der Waals surface area contributed by atoms with Gasteiger partial charge in [0, 0.05) is 0 Å². The second kappa shape index (κ2) is 6.72. The normalized spacial score (nSPS) is 9.88. The van der Waals surface area contributed by atoms with Crippen molar-refractivity contribution in [3.8, 4) is 0 Å². The molecule has 0 unspecified atom stereocenters. The van der Waals surface area contributed by atoms with Gasteiger partial charge in [-0.15, -0.1) is 5.10 Å². The highest BCUT2D eigenvalue weighted by atomic mass is 32.3. The first-order valence-corrected chi connectivity index (χ1v) is 5.17. The molecule has 11 heteroatoms. The van der Waals surface area contributed by atoms with Crippen LogP contribution in [0.3, 0.4) is 0 Å². The molecule has 5 N–H and O–H groups in total. The fourth-order valence-corrected chi connectivity index (χ4v) is 0.857. The Kier molecular flexibility index (Phi) is 6.01. The first-order valence-electron chi connectivity index (χ1n) is 3.77. The molecule has 2 aromatic rings. The quantitative estimate of drug-likeness (QED) is 0.191. The molecule has 0 fully saturated rings. The van der Waals surface area contributed by atoms with Crippen LogP contribution in [0, 0.1) is 0 Å². The summed E-state index contributed by atoms with van der Waals surface area (Å²) in [5.41, 5.74) is 1.33. The molecule has 1 aromatic heterocycles. The van der Waals surface area contributed by atoms with Crippen molar-refractivity contribution in [2.75, 3.05) is 0 Å². The molecule has 0 radical (unpaired) electrons. The number of aromatic nitrogens is 3. The van der Waals surface area contributed by atoms with E-state index in [9.17, 15) is 0 Å². The van der Waals surface area contributed by atoms with Gasteiger partial charge in [-0.05, 0) is 17.3 Å². The fourth-order valence-electron chi connectivity index (χ4n) is 0.857. The van der Waals surface area contributed by atoms with Gasteiger partial charge in [-0.2, -0.15) is 8.42 Å². The summed E-state index contributed by atoms with van der Waals surface area (Å²) < 4.78 is 31.6. The molecule has 0 aliphatic heterocycles. The van der Waals surface area contributed by atoms with Crippen molar-refractivity contribution in [3.63, 3.8) is 0 Å². The Morgan fingerprint density at radius 2 is 1.59 bits per heavy atom. The lowest BCUT2D eigenvalue weighted by atomic mass is 10.3. The third-order valence-corrected chi connectivity index (χ3v) is 1.33. The van der Waals surface area contributed by atoms with Crippen LogP contribution in [0.1, 0.15) is 0 Å². The van der Waals surface area contributed by atoms with Crippen LogP contribution in [-0.4, -0.2) is 48.4 Å².